The molecule has 1 atom stereocenters. The lowest BCUT2D eigenvalue weighted by Crippen LogP contribution is -2.40. The third-order valence-corrected chi connectivity index (χ3v) is 4.68. The third-order valence-electron chi connectivity index (χ3n) is 3.78. The number of hydrogen-bond donors (Lipinski definition) is 1. The molecule has 0 unspecified atom stereocenters. The first-order valence-corrected chi connectivity index (χ1v) is 8.47. The first-order chi connectivity index (χ1) is 11.5. The molecule has 0 aliphatic carbocycles. The lowest BCUT2D eigenvalue weighted by Gasteiger charge is -2.21. The fourth-order valence-electron chi connectivity index (χ4n) is 2.59. The minimum atomic E-state index is -0.585. The number of aromatic nitrogens is 2. The number of nitrogens with one attached hydrogen (secondary N) is 1. The highest BCUT2D eigenvalue weighted by Crippen LogP contribution is 2.22. The number of amides is 2. The largest absolute Gasteiger partial charge is 0.341 e. The highest BCUT2D eigenvalue weighted by molar-refractivity contribution is 8.13. The second kappa shape index (κ2) is 7.04. The van der Waals surface area contributed by atoms with Crippen molar-refractivity contribution >= 4 is 22.9 Å². The van der Waals surface area contributed by atoms with Crippen molar-refractivity contribution in [1.29, 1.82) is 0 Å². The van der Waals surface area contributed by atoms with Gasteiger partial charge in [0, 0.05) is 31.7 Å². The molecule has 1 aromatic heterocycles. The van der Waals surface area contributed by atoms with Crippen LogP contribution in [0, 0.1) is 5.82 Å². The Morgan fingerprint density at radius 2 is 2.33 bits per heavy atom. The summed E-state index contributed by atoms with van der Waals surface area (Å²) in [5.74, 6) is 0.602. The van der Waals surface area contributed by atoms with Crippen molar-refractivity contribution in [2.45, 2.75) is 6.04 Å². The molecule has 2 heterocycles. The molecule has 6 nitrogen and oxygen atoms in total. The van der Waals surface area contributed by atoms with E-state index in [-0.39, 0.29) is 23.5 Å². The number of benzene rings is 1. The molecule has 3 rings (SSSR count). The summed E-state index contributed by atoms with van der Waals surface area (Å²) < 4.78 is 15.4. The van der Waals surface area contributed by atoms with Gasteiger partial charge in [-0.05, 0) is 17.7 Å². The summed E-state index contributed by atoms with van der Waals surface area (Å²) in [6, 6.07) is 5.46. The van der Waals surface area contributed by atoms with E-state index >= 15 is 0 Å². The Morgan fingerprint density at radius 3 is 2.96 bits per heavy atom. The summed E-state index contributed by atoms with van der Waals surface area (Å²) in [6.07, 6.45) is 3.38. The van der Waals surface area contributed by atoms with Crippen LogP contribution in [0.1, 0.15) is 17.4 Å². The van der Waals surface area contributed by atoms with Gasteiger partial charge in [0.2, 0.25) is 5.91 Å². The van der Waals surface area contributed by atoms with Gasteiger partial charge in [-0.3, -0.25) is 9.59 Å². The molecular formula is C16H17FN4O2S. The van der Waals surface area contributed by atoms with Gasteiger partial charge in [-0.1, -0.05) is 23.9 Å². The fraction of sp³-hybridized carbons (Fsp3) is 0.312. The maximum Gasteiger partial charge on any atom is 0.282 e. The van der Waals surface area contributed by atoms with Gasteiger partial charge in [0.1, 0.15) is 24.2 Å². The Balaban J connectivity index is 1.81. The van der Waals surface area contributed by atoms with Gasteiger partial charge in [-0.2, -0.15) is 0 Å². The Labute approximate surface area is 143 Å². The number of thioether (sulfide) groups is 1. The second-order valence-corrected chi connectivity index (χ2v) is 6.53. The minimum absolute atomic E-state index is 0.0118. The van der Waals surface area contributed by atoms with E-state index in [1.54, 1.807) is 36.1 Å². The van der Waals surface area contributed by atoms with Crippen LogP contribution in [0.15, 0.2) is 36.7 Å². The lowest BCUT2D eigenvalue weighted by atomic mass is 10.1. The number of carbonyl (C=O) groups excluding carboxylic acids is 2. The van der Waals surface area contributed by atoms with Crippen LogP contribution in [0.2, 0.25) is 0 Å². The van der Waals surface area contributed by atoms with Gasteiger partial charge in [-0.15, -0.1) is 0 Å². The van der Waals surface area contributed by atoms with Crippen LogP contribution in [-0.2, 0) is 11.8 Å². The zero-order chi connectivity index (χ0) is 17.1. The highest BCUT2D eigenvalue weighted by Gasteiger charge is 2.26. The molecule has 0 radical (unpaired) electrons. The van der Waals surface area contributed by atoms with Gasteiger partial charge >= 0.3 is 0 Å². The van der Waals surface area contributed by atoms with Crippen LogP contribution < -0.4 is 5.32 Å². The van der Waals surface area contributed by atoms with E-state index in [1.165, 1.54) is 28.8 Å². The monoisotopic (exact) mass is 348 g/mol. The zero-order valence-corrected chi connectivity index (χ0v) is 13.9. The highest BCUT2D eigenvalue weighted by atomic mass is 32.2. The van der Waals surface area contributed by atoms with Crippen molar-refractivity contribution in [1.82, 2.24) is 19.8 Å². The van der Waals surface area contributed by atoms with Crippen LogP contribution in [0.25, 0.3) is 0 Å². The van der Waals surface area contributed by atoms with E-state index in [4.69, 9.17) is 0 Å². The first kappa shape index (κ1) is 16.5. The fourth-order valence-corrected chi connectivity index (χ4v) is 3.41. The standard InChI is InChI=1S/C16H17FN4O2S/c1-20-6-5-18-15(20)14(11-3-2-4-12(17)9-11)19-13(22)10-21-7-8-24-16(21)23/h2-6,9,14H,7-8,10H2,1H3,(H,19,22)/t14-/m0/s1. The maximum absolute atomic E-state index is 13.6. The predicted octanol–water partition coefficient (Wildman–Crippen LogP) is 1.93. The van der Waals surface area contributed by atoms with Gasteiger partial charge in [0.05, 0.1) is 0 Å². The molecule has 0 spiro atoms. The minimum Gasteiger partial charge on any atom is -0.341 e. The number of hydrogen-bond acceptors (Lipinski definition) is 4. The average molecular weight is 348 g/mol. The first-order valence-electron chi connectivity index (χ1n) is 7.48. The van der Waals surface area contributed by atoms with Crippen LogP contribution in [-0.4, -0.2) is 44.4 Å². The Hall–Kier alpha value is -2.35. The lowest BCUT2D eigenvalue weighted by molar-refractivity contribution is -0.122. The van der Waals surface area contributed by atoms with Crippen LogP contribution >= 0.6 is 11.8 Å². The normalized spacial score (nSPS) is 15.6. The number of imidazole rings is 1. The molecule has 1 N–H and O–H groups in total. The quantitative estimate of drug-likeness (QED) is 0.897. The summed E-state index contributed by atoms with van der Waals surface area (Å²) in [5, 5.41) is 2.77. The predicted molar refractivity (Wildman–Crippen MR) is 89.0 cm³/mol. The molecule has 1 aliphatic heterocycles. The average Bonchev–Trinajstić information content (AvgIpc) is 3.14. The Bertz CT molecular complexity index is 764. The molecule has 0 bridgehead atoms. The molecule has 24 heavy (non-hydrogen) atoms. The van der Waals surface area contributed by atoms with E-state index in [9.17, 15) is 14.0 Å². The van der Waals surface area contributed by atoms with E-state index in [1.807, 2.05) is 0 Å². The number of carbonyl (C=O) groups is 2. The maximum atomic E-state index is 13.6. The number of nitrogens with zero attached hydrogens (tertiary/aromatic N) is 3. The summed E-state index contributed by atoms with van der Waals surface area (Å²) in [4.78, 5) is 29.8. The van der Waals surface area contributed by atoms with Crippen molar-refractivity contribution in [2.75, 3.05) is 18.8 Å². The molecule has 0 saturated carbocycles. The van der Waals surface area contributed by atoms with Gasteiger partial charge in [-0.25, -0.2) is 9.37 Å². The SMILES string of the molecule is Cn1ccnc1[C@@H](NC(=O)CN1CCSC1=O)c1cccc(F)c1. The molecule has 1 fully saturated rings. The van der Waals surface area contributed by atoms with E-state index in [2.05, 4.69) is 10.3 Å². The summed E-state index contributed by atoms with van der Waals surface area (Å²) in [7, 11) is 1.81. The molecule has 2 amide bonds. The van der Waals surface area contributed by atoms with Crippen LogP contribution in [0.5, 0.6) is 0 Å². The molecule has 1 saturated heterocycles. The Kier molecular flexibility index (Phi) is 4.84. The Morgan fingerprint density at radius 1 is 1.50 bits per heavy atom. The smallest absolute Gasteiger partial charge is 0.282 e. The van der Waals surface area contributed by atoms with Gasteiger partial charge in [0.25, 0.3) is 5.24 Å². The third kappa shape index (κ3) is 3.59. The molecule has 1 aromatic carbocycles. The summed E-state index contributed by atoms with van der Waals surface area (Å²) in [6.45, 7) is 0.548. The molecule has 8 heteroatoms. The summed E-state index contributed by atoms with van der Waals surface area (Å²) >= 11 is 1.21. The van der Waals surface area contributed by atoms with Crippen molar-refractivity contribution in [3.05, 3.63) is 53.9 Å². The van der Waals surface area contributed by atoms with E-state index in [0.717, 1.165) is 0 Å². The second-order valence-electron chi connectivity index (χ2n) is 5.49. The van der Waals surface area contributed by atoms with E-state index < -0.39 is 6.04 Å². The molecular weight excluding hydrogens is 331 g/mol. The van der Waals surface area contributed by atoms with Gasteiger partial charge < -0.3 is 14.8 Å². The molecule has 1 aliphatic rings. The van der Waals surface area contributed by atoms with Crippen molar-refractivity contribution in [3.8, 4) is 0 Å². The van der Waals surface area contributed by atoms with Gasteiger partial charge in [0.15, 0.2) is 0 Å². The van der Waals surface area contributed by atoms with Crippen molar-refractivity contribution in [3.63, 3.8) is 0 Å². The van der Waals surface area contributed by atoms with Crippen LogP contribution in [0.4, 0.5) is 9.18 Å². The van der Waals surface area contributed by atoms with Crippen molar-refractivity contribution in [2.24, 2.45) is 7.05 Å². The number of rotatable bonds is 5. The van der Waals surface area contributed by atoms with E-state index in [0.29, 0.717) is 23.7 Å². The molecule has 2 aromatic rings. The zero-order valence-electron chi connectivity index (χ0n) is 13.1. The number of halogens is 1. The molecule has 126 valence electrons. The number of aryl methyl sites for hydroxylation is 1. The topological polar surface area (TPSA) is 67.2 Å². The summed E-state index contributed by atoms with van der Waals surface area (Å²) in [5.41, 5.74) is 0.597. The van der Waals surface area contributed by atoms with Crippen molar-refractivity contribution < 1.29 is 14.0 Å². The van der Waals surface area contributed by atoms with Crippen LogP contribution in [0.3, 0.4) is 0 Å².